The lowest BCUT2D eigenvalue weighted by Crippen LogP contribution is -2.01. The van der Waals surface area contributed by atoms with Gasteiger partial charge >= 0.3 is 5.97 Å². The van der Waals surface area contributed by atoms with Crippen molar-refractivity contribution in [1.82, 2.24) is 0 Å². The lowest BCUT2D eigenvalue weighted by atomic mass is 10.0. The third kappa shape index (κ3) is 4.86. The van der Waals surface area contributed by atoms with Crippen molar-refractivity contribution in [3.8, 4) is 0 Å². The van der Waals surface area contributed by atoms with Crippen molar-refractivity contribution >= 4 is 17.7 Å². The highest BCUT2D eigenvalue weighted by atomic mass is 32.2. The number of thioether (sulfide) groups is 1. The summed E-state index contributed by atoms with van der Waals surface area (Å²) in [5, 5.41) is 9.44. The maximum atomic E-state index is 10.6. The van der Waals surface area contributed by atoms with Gasteiger partial charge in [0.05, 0.1) is 0 Å². The summed E-state index contributed by atoms with van der Waals surface area (Å²) in [7, 11) is 0. The maximum Gasteiger partial charge on any atom is 0.371 e. The third-order valence-corrected chi connectivity index (χ3v) is 3.94. The molecule has 1 atom stereocenters. The number of rotatable bonds is 8. The fourth-order valence-corrected chi connectivity index (χ4v) is 2.73. The van der Waals surface area contributed by atoms with Gasteiger partial charge < -0.3 is 9.52 Å². The summed E-state index contributed by atoms with van der Waals surface area (Å²) < 4.78 is 5.21. The number of unbranched alkanes of at least 4 members (excludes halogenated alkanes) is 1. The molecule has 1 N–H and O–H groups in total. The first-order valence-corrected chi connectivity index (χ1v) is 7.11. The van der Waals surface area contributed by atoms with E-state index in [1.807, 2.05) is 0 Å². The third-order valence-electron chi connectivity index (χ3n) is 2.80. The van der Waals surface area contributed by atoms with Crippen LogP contribution in [0.1, 0.15) is 50.1 Å². The van der Waals surface area contributed by atoms with Gasteiger partial charge in [-0.1, -0.05) is 44.9 Å². The Hall–Kier alpha value is -0.900. The zero-order valence-electron chi connectivity index (χ0n) is 10.4. The predicted molar refractivity (Wildman–Crippen MR) is 69.7 cm³/mol. The zero-order chi connectivity index (χ0) is 12.7. The highest BCUT2D eigenvalue weighted by Gasteiger charge is 2.11. The molecule has 0 saturated heterocycles. The monoisotopic (exact) mass is 256 g/mol. The molecule has 1 aromatic rings. The quantitative estimate of drug-likeness (QED) is 0.705. The second-order valence-corrected chi connectivity index (χ2v) is 5.18. The van der Waals surface area contributed by atoms with E-state index in [4.69, 9.17) is 9.52 Å². The summed E-state index contributed by atoms with van der Waals surface area (Å²) in [4.78, 5) is 10.6. The van der Waals surface area contributed by atoms with E-state index in [2.05, 4.69) is 13.8 Å². The van der Waals surface area contributed by atoms with Crippen molar-refractivity contribution in [2.75, 3.05) is 5.75 Å². The van der Waals surface area contributed by atoms with E-state index in [-0.39, 0.29) is 5.76 Å². The molecule has 0 saturated carbocycles. The van der Waals surface area contributed by atoms with Crippen molar-refractivity contribution in [3.63, 3.8) is 0 Å². The first-order valence-electron chi connectivity index (χ1n) is 6.13. The normalized spacial score (nSPS) is 12.6. The van der Waals surface area contributed by atoms with Crippen LogP contribution in [-0.2, 0) is 0 Å². The Kier molecular flexibility index (Phi) is 6.19. The van der Waals surface area contributed by atoms with Crippen molar-refractivity contribution in [3.05, 3.63) is 17.9 Å². The number of hydrogen-bond donors (Lipinski definition) is 1. The molecule has 0 aliphatic rings. The predicted octanol–water partition coefficient (Wildman–Crippen LogP) is 4.29. The number of carbonyl (C=O) groups is 1. The minimum atomic E-state index is -1.00. The van der Waals surface area contributed by atoms with Gasteiger partial charge in [-0.25, -0.2) is 4.79 Å². The number of aromatic carboxylic acids is 1. The van der Waals surface area contributed by atoms with E-state index in [9.17, 15) is 4.79 Å². The van der Waals surface area contributed by atoms with Crippen LogP contribution in [-0.4, -0.2) is 16.8 Å². The van der Waals surface area contributed by atoms with Crippen LogP contribution >= 0.6 is 11.8 Å². The van der Waals surface area contributed by atoms with Gasteiger partial charge in [0, 0.05) is 5.75 Å². The molecular weight excluding hydrogens is 236 g/mol. The second-order valence-electron chi connectivity index (χ2n) is 4.15. The maximum absolute atomic E-state index is 10.6. The van der Waals surface area contributed by atoms with E-state index in [0.29, 0.717) is 11.0 Å². The van der Waals surface area contributed by atoms with Gasteiger partial charge in [-0.3, -0.25) is 0 Å². The van der Waals surface area contributed by atoms with Crippen LogP contribution in [0.5, 0.6) is 0 Å². The van der Waals surface area contributed by atoms with Crippen LogP contribution < -0.4 is 0 Å². The van der Waals surface area contributed by atoms with Gasteiger partial charge in [-0.15, -0.1) is 0 Å². The minimum Gasteiger partial charge on any atom is -0.475 e. The van der Waals surface area contributed by atoms with Crippen LogP contribution in [0, 0.1) is 5.92 Å². The average molecular weight is 256 g/mol. The lowest BCUT2D eigenvalue weighted by Gasteiger charge is -2.12. The van der Waals surface area contributed by atoms with Crippen LogP contribution in [0.2, 0.25) is 0 Å². The molecule has 3 nitrogen and oxygen atoms in total. The number of carboxylic acid groups (broad SMARTS) is 1. The molecule has 17 heavy (non-hydrogen) atoms. The minimum absolute atomic E-state index is 0.0223. The first kappa shape index (κ1) is 14.2. The molecule has 0 spiro atoms. The molecule has 0 aliphatic heterocycles. The van der Waals surface area contributed by atoms with Gasteiger partial charge in [0.15, 0.2) is 5.09 Å². The fourth-order valence-electron chi connectivity index (χ4n) is 1.61. The van der Waals surface area contributed by atoms with Gasteiger partial charge in [0.1, 0.15) is 0 Å². The number of hydrogen-bond acceptors (Lipinski definition) is 3. The Labute approximate surface area is 107 Å². The Morgan fingerprint density at radius 3 is 2.76 bits per heavy atom. The molecule has 0 fully saturated rings. The van der Waals surface area contributed by atoms with E-state index < -0.39 is 5.97 Å². The van der Waals surface area contributed by atoms with Gasteiger partial charge in [-0.2, -0.15) is 0 Å². The summed E-state index contributed by atoms with van der Waals surface area (Å²) in [6.07, 6.45) is 4.90. The molecule has 1 unspecified atom stereocenters. The molecular formula is C13H20O3S. The van der Waals surface area contributed by atoms with Gasteiger partial charge in [0.2, 0.25) is 5.76 Å². The summed E-state index contributed by atoms with van der Waals surface area (Å²) in [5.74, 6) is 0.714. The van der Waals surface area contributed by atoms with Crippen LogP contribution in [0.25, 0.3) is 0 Å². The lowest BCUT2D eigenvalue weighted by molar-refractivity contribution is 0.0656. The molecule has 0 aromatic carbocycles. The Morgan fingerprint density at radius 1 is 1.47 bits per heavy atom. The van der Waals surface area contributed by atoms with Crippen molar-refractivity contribution < 1.29 is 14.3 Å². The van der Waals surface area contributed by atoms with Gasteiger partial charge in [0.25, 0.3) is 0 Å². The van der Waals surface area contributed by atoms with Crippen LogP contribution in [0.4, 0.5) is 0 Å². The van der Waals surface area contributed by atoms with Crippen molar-refractivity contribution in [2.45, 2.75) is 44.6 Å². The molecule has 0 amide bonds. The molecule has 0 aliphatic carbocycles. The highest BCUT2D eigenvalue weighted by molar-refractivity contribution is 7.99. The topological polar surface area (TPSA) is 50.4 Å². The van der Waals surface area contributed by atoms with E-state index in [0.717, 1.165) is 5.75 Å². The van der Waals surface area contributed by atoms with E-state index >= 15 is 0 Å². The van der Waals surface area contributed by atoms with Gasteiger partial charge in [-0.05, 0) is 24.5 Å². The summed E-state index contributed by atoms with van der Waals surface area (Å²) >= 11 is 1.61. The summed E-state index contributed by atoms with van der Waals surface area (Å²) in [6.45, 7) is 4.40. The SMILES string of the molecule is CCCCC(CC)CSc1ccc(C(=O)O)o1. The Morgan fingerprint density at radius 2 is 2.24 bits per heavy atom. The average Bonchev–Trinajstić information content (AvgIpc) is 2.78. The van der Waals surface area contributed by atoms with E-state index in [1.54, 1.807) is 17.8 Å². The molecule has 1 rings (SSSR count). The van der Waals surface area contributed by atoms with Crippen molar-refractivity contribution in [1.29, 1.82) is 0 Å². The highest BCUT2D eigenvalue weighted by Crippen LogP contribution is 2.26. The molecule has 96 valence electrons. The largest absolute Gasteiger partial charge is 0.475 e. The molecule has 4 heteroatoms. The molecule has 0 radical (unpaired) electrons. The first-order chi connectivity index (χ1) is 8.17. The summed E-state index contributed by atoms with van der Waals surface area (Å²) in [5.41, 5.74) is 0. The smallest absolute Gasteiger partial charge is 0.371 e. The Bertz CT molecular complexity index is 346. The number of furan rings is 1. The van der Waals surface area contributed by atoms with E-state index in [1.165, 1.54) is 31.7 Å². The van der Waals surface area contributed by atoms with Crippen LogP contribution in [0.15, 0.2) is 21.6 Å². The molecule has 1 heterocycles. The molecule has 0 bridgehead atoms. The Balaban J connectivity index is 2.39. The van der Waals surface area contributed by atoms with Crippen molar-refractivity contribution in [2.24, 2.45) is 5.92 Å². The fraction of sp³-hybridized carbons (Fsp3) is 0.615. The molecule has 1 aromatic heterocycles. The number of carboxylic acids is 1. The summed E-state index contributed by atoms with van der Waals surface area (Å²) in [6, 6.07) is 3.25. The standard InChI is InChI=1S/C13H20O3S/c1-3-5-6-10(4-2)9-17-12-8-7-11(16-12)13(14)15/h7-8,10H,3-6,9H2,1-2H3,(H,14,15). The van der Waals surface area contributed by atoms with Crippen LogP contribution in [0.3, 0.4) is 0 Å². The zero-order valence-corrected chi connectivity index (χ0v) is 11.3. The second kappa shape index (κ2) is 7.43.